The molecule has 2 nitrogen and oxygen atoms in total. The number of hydrogen-bond donors (Lipinski definition) is 0. The lowest BCUT2D eigenvalue weighted by molar-refractivity contribution is 0.0594. The topological polar surface area (TPSA) is 26.3 Å². The molecule has 0 N–H and O–H groups in total. The highest BCUT2D eigenvalue weighted by Gasteiger charge is 2.16. The monoisotopic (exact) mass is 246 g/mol. The lowest BCUT2D eigenvalue weighted by Crippen LogP contribution is -2.05. The van der Waals surface area contributed by atoms with E-state index >= 15 is 0 Å². The Bertz CT molecular complexity index is 380. The molecule has 0 amide bonds. The quantitative estimate of drug-likeness (QED) is 0.605. The van der Waals surface area contributed by atoms with Crippen molar-refractivity contribution in [3.05, 3.63) is 23.5 Å². The van der Waals surface area contributed by atoms with Crippen molar-refractivity contribution < 1.29 is 13.9 Å². The van der Waals surface area contributed by atoms with Gasteiger partial charge >= 0.3 is 5.97 Å². The van der Waals surface area contributed by atoms with Crippen LogP contribution in [0.2, 0.25) is 0 Å². The number of carbonyl (C=O) groups is 1. The van der Waals surface area contributed by atoms with Crippen LogP contribution in [0.4, 0.5) is 4.39 Å². The Hall–Kier alpha value is -0.680. The van der Waals surface area contributed by atoms with Gasteiger partial charge in [-0.05, 0) is 24.6 Å². The van der Waals surface area contributed by atoms with E-state index in [2.05, 4.69) is 4.74 Å². The van der Waals surface area contributed by atoms with Crippen LogP contribution < -0.4 is 0 Å². The number of methoxy groups -OCH3 is 1. The standard InChI is InChI=1S/C10H11FO2S2/c1-13-10(12)7-4-6(14-2)5-8(15-3)9(7)11/h4-5H,1-3H3. The maximum atomic E-state index is 13.7. The molecule has 1 aromatic rings. The van der Waals surface area contributed by atoms with Crippen LogP contribution in [0.3, 0.4) is 0 Å². The predicted molar refractivity (Wildman–Crippen MR) is 61.3 cm³/mol. The highest BCUT2D eigenvalue weighted by Crippen LogP contribution is 2.28. The lowest BCUT2D eigenvalue weighted by Gasteiger charge is -2.07. The van der Waals surface area contributed by atoms with E-state index in [1.54, 1.807) is 12.3 Å². The molecule has 0 spiro atoms. The van der Waals surface area contributed by atoms with Gasteiger partial charge in [0.2, 0.25) is 0 Å². The maximum absolute atomic E-state index is 13.7. The molecule has 0 saturated carbocycles. The molecule has 0 aromatic heterocycles. The minimum absolute atomic E-state index is 0.00583. The highest BCUT2D eigenvalue weighted by molar-refractivity contribution is 7.99. The first-order valence-electron chi connectivity index (χ1n) is 4.13. The molecule has 82 valence electrons. The maximum Gasteiger partial charge on any atom is 0.340 e. The molecule has 1 rings (SSSR count). The summed E-state index contributed by atoms with van der Waals surface area (Å²) in [5.74, 6) is -1.15. The third-order valence-electron chi connectivity index (χ3n) is 1.87. The molecule has 0 bridgehead atoms. The van der Waals surface area contributed by atoms with Crippen molar-refractivity contribution in [3.8, 4) is 0 Å². The zero-order valence-electron chi connectivity index (χ0n) is 8.67. The first-order chi connectivity index (χ1) is 7.13. The summed E-state index contributed by atoms with van der Waals surface area (Å²) in [5.41, 5.74) is -0.00583. The zero-order valence-corrected chi connectivity index (χ0v) is 10.3. The normalized spacial score (nSPS) is 10.1. The van der Waals surface area contributed by atoms with Crippen LogP contribution in [0.5, 0.6) is 0 Å². The Morgan fingerprint density at radius 2 is 2.00 bits per heavy atom. The van der Waals surface area contributed by atoms with Gasteiger partial charge in [0.15, 0.2) is 5.82 Å². The van der Waals surface area contributed by atoms with Gasteiger partial charge < -0.3 is 4.74 Å². The summed E-state index contributed by atoms with van der Waals surface area (Å²) in [6.45, 7) is 0. The molecule has 0 aliphatic rings. The van der Waals surface area contributed by atoms with E-state index in [4.69, 9.17) is 0 Å². The summed E-state index contributed by atoms with van der Waals surface area (Å²) in [7, 11) is 1.24. The number of halogens is 1. The van der Waals surface area contributed by atoms with Crippen molar-refractivity contribution in [2.45, 2.75) is 9.79 Å². The molecule has 0 unspecified atom stereocenters. The largest absolute Gasteiger partial charge is 0.465 e. The van der Waals surface area contributed by atoms with Gasteiger partial charge in [0, 0.05) is 9.79 Å². The van der Waals surface area contributed by atoms with Gasteiger partial charge in [-0.2, -0.15) is 0 Å². The molecule has 0 radical (unpaired) electrons. The molecule has 0 aliphatic carbocycles. The average molecular weight is 246 g/mol. The van der Waals surface area contributed by atoms with E-state index in [9.17, 15) is 9.18 Å². The molecule has 1 aromatic carbocycles. The van der Waals surface area contributed by atoms with Crippen molar-refractivity contribution in [1.29, 1.82) is 0 Å². The van der Waals surface area contributed by atoms with Gasteiger partial charge in [0.05, 0.1) is 12.7 Å². The first kappa shape index (κ1) is 12.4. The first-order valence-corrected chi connectivity index (χ1v) is 6.58. The van der Waals surface area contributed by atoms with Crippen molar-refractivity contribution in [1.82, 2.24) is 0 Å². The number of carbonyl (C=O) groups excluding carboxylic acids is 1. The lowest BCUT2D eigenvalue weighted by atomic mass is 10.2. The average Bonchev–Trinajstić information content (AvgIpc) is 2.28. The minimum atomic E-state index is -0.640. The number of rotatable bonds is 3. The Morgan fingerprint density at radius 1 is 1.33 bits per heavy atom. The third-order valence-corrected chi connectivity index (χ3v) is 3.32. The number of esters is 1. The fraction of sp³-hybridized carbons (Fsp3) is 0.300. The molecule has 0 fully saturated rings. The van der Waals surface area contributed by atoms with Crippen LogP contribution in [0.15, 0.2) is 21.9 Å². The fourth-order valence-electron chi connectivity index (χ4n) is 1.10. The number of ether oxygens (including phenoxy) is 1. The van der Waals surface area contributed by atoms with E-state index in [-0.39, 0.29) is 5.56 Å². The van der Waals surface area contributed by atoms with Gasteiger partial charge in [-0.15, -0.1) is 23.5 Å². The molecular weight excluding hydrogens is 235 g/mol. The molecule has 0 heterocycles. The Morgan fingerprint density at radius 3 is 2.47 bits per heavy atom. The second-order valence-electron chi connectivity index (χ2n) is 2.68. The minimum Gasteiger partial charge on any atom is -0.465 e. The number of benzene rings is 1. The van der Waals surface area contributed by atoms with Crippen molar-refractivity contribution in [2.75, 3.05) is 19.6 Å². The third kappa shape index (κ3) is 2.66. The van der Waals surface area contributed by atoms with Crippen LogP contribution in [0, 0.1) is 5.82 Å². The summed E-state index contributed by atoms with van der Waals surface area (Å²) >= 11 is 2.73. The van der Waals surface area contributed by atoms with Crippen LogP contribution in [-0.4, -0.2) is 25.6 Å². The number of hydrogen-bond acceptors (Lipinski definition) is 4. The van der Waals surface area contributed by atoms with Crippen molar-refractivity contribution in [2.24, 2.45) is 0 Å². The molecular formula is C10H11FO2S2. The number of thioether (sulfide) groups is 2. The Labute approximate surface area is 96.6 Å². The van der Waals surface area contributed by atoms with Crippen molar-refractivity contribution in [3.63, 3.8) is 0 Å². The predicted octanol–water partition coefficient (Wildman–Crippen LogP) is 3.06. The Balaban J connectivity index is 3.30. The molecule has 0 saturated heterocycles. The van der Waals surface area contributed by atoms with E-state index in [0.29, 0.717) is 4.90 Å². The SMILES string of the molecule is COC(=O)c1cc(SC)cc(SC)c1F. The molecule has 5 heteroatoms. The molecule has 0 aliphatic heterocycles. The zero-order chi connectivity index (χ0) is 11.4. The van der Waals surface area contributed by atoms with Crippen LogP contribution in [-0.2, 0) is 4.74 Å². The van der Waals surface area contributed by atoms with Crippen LogP contribution in [0.1, 0.15) is 10.4 Å². The van der Waals surface area contributed by atoms with Gasteiger partial charge in [-0.1, -0.05) is 0 Å². The van der Waals surface area contributed by atoms with Crippen molar-refractivity contribution >= 4 is 29.5 Å². The Kier molecular flexibility index (Phi) is 4.47. The van der Waals surface area contributed by atoms with Gasteiger partial charge in [-0.25, -0.2) is 9.18 Å². The van der Waals surface area contributed by atoms with Gasteiger partial charge in [0.25, 0.3) is 0 Å². The van der Waals surface area contributed by atoms with Gasteiger partial charge in [0.1, 0.15) is 0 Å². The molecule has 0 atom stereocenters. The van der Waals surface area contributed by atoms with Crippen LogP contribution in [0.25, 0.3) is 0 Å². The van der Waals surface area contributed by atoms with E-state index in [1.165, 1.54) is 36.7 Å². The highest BCUT2D eigenvalue weighted by atomic mass is 32.2. The van der Waals surface area contributed by atoms with Crippen LogP contribution >= 0.6 is 23.5 Å². The van der Waals surface area contributed by atoms with Gasteiger partial charge in [-0.3, -0.25) is 0 Å². The second-order valence-corrected chi connectivity index (χ2v) is 4.41. The second kappa shape index (κ2) is 5.42. The summed E-state index contributed by atoms with van der Waals surface area (Å²) in [4.78, 5) is 12.6. The summed E-state index contributed by atoms with van der Waals surface area (Å²) in [6, 6.07) is 3.22. The molecule has 15 heavy (non-hydrogen) atoms. The smallest absolute Gasteiger partial charge is 0.340 e. The summed E-state index contributed by atoms with van der Waals surface area (Å²) < 4.78 is 18.2. The summed E-state index contributed by atoms with van der Waals surface area (Å²) in [5, 5.41) is 0. The fourth-order valence-corrected chi connectivity index (χ4v) is 2.18. The van der Waals surface area contributed by atoms with E-state index < -0.39 is 11.8 Å². The van der Waals surface area contributed by atoms with E-state index in [1.807, 2.05) is 6.26 Å². The van der Waals surface area contributed by atoms with E-state index in [0.717, 1.165) is 4.90 Å². The summed E-state index contributed by atoms with van der Waals surface area (Å²) in [6.07, 6.45) is 3.64.